The molecule has 1 saturated heterocycles. The van der Waals surface area contributed by atoms with Gasteiger partial charge in [0.2, 0.25) is 0 Å². The van der Waals surface area contributed by atoms with Crippen molar-refractivity contribution >= 4 is 22.4 Å². The van der Waals surface area contributed by atoms with Crippen molar-refractivity contribution in [3.8, 4) is 6.07 Å². The number of carbonyl (C=O) groups is 1. The molecule has 1 N–H and O–H groups in total. The van der Waals surface area contributed by atoms with Crippen molar-refractivity contribution in [2.24, 2.45) is 5.92 Å². The number of benzene rings is 1. The van der Waals surface area contributed by atoms with E-state index in [0.717, 1.165) is 61.8 Å². The first-order chi connectivity index (χ1) is 13.1. The molecule has 27 heavy (non-hydrogen) atoms. The minimum atomic E-state index is 0.406. The Labute approximate surface area is 160 Å². The van der Waals surface area contributed by atoms with Crippen LogP contribution >= 0.6 is 0 Å². The number of rotatable bonds is 3. The largest absolute Gasteiger partial charge is 0.369 e. The summed E-state index contributed by atoms with van der Waals surface area (Å²) in [6.45, 7) is 4.26. The van der Waals surface area contributed by atoms with Crippen LogP contribution in [0.5, 0.6) is 0 Å². The monoisotopic (exact) mass is 362 g/mol. The molecule has 1 aromatic carbocycles. The number of anilines is 1. The van der Waals surface area contributed by atoms with Gasteiger partial charge in [0.15, 0.2) is 0 Å². The number of nitrogens with one attached hydrogen (secondary N) is 1. The minimum absolute atomic E-state index is 0.406. The van der Waals surface area contributed by atoms with Crippen LogP contribution in [0, 0.1) is 17.2 Å². The van der Waals surface area contributed by atoms with Crippen LogP contribution in [-0.2, 0) is 4.79 Å². The molecule has 0 radical (unpaired) electrons. The van der Waals surface area contributed by atoms with Gasteiger partial charge < -0.3 is 10.2 Å². The number of piperidine rings is 1. The molecule has 2 aliphatic rings. The predicted octanol–water partition coefficient (Wildman–Crippen LogP) is 3.42. The lowest BCUT2D eigenvalue weighted by molar-refractivity contribution is -0.120. The maximum absolute atomic E-state index is 11.5. The minimum Gasteiger partial charge on any atom is -0.369 e. The number of fused-ring (bicyclic) bond motifs is 1. The van der Waals surface area contributed by atoms with E-state index in [0.29, 0.717) is 29.3 Å². The Balaban J connectivity index is 1.56. The van der Waals surface area contributed by atoms with E-state index >= 15 is 0 Å². The first kappa shape index (κ1) is 17.9. The summed E-state index contributed by atoms with van der Waals surface area (Å²) < 4.78 is 0. The van der Waals surface area contributed by atoms with E-state index in [1.54, 1.807) is 6.20 Å². The smallest absolute Gasteiger partial charge is 0.133 e. The normalized spacial score (nSPS) is 24.1. The molecule has 1 aromatic heterocycles. The highest BCUT2D eigenvalue weighted by Crippen LogP contribution is 2.31. The van der Waals surface area contributed by atoms with E-state index in [4.69, 9.17) is 0 Å². The summed E-state index contributed by atoms with van der Waals surface area (Å²) in [6.07, 6.45) is 6.28. The summed E-state index contributed by atoms with van der Waals surface area (Å²) in [5.41, 5.74) is 2.57. The van der Waals surface area contributed by atoms with Crippen LogP contribution in [0.4, 0.5) is 5.69 Å². The highest BCUT2D eigenvalue weighted by Gasteiger charge is 2.29. The predicted molar refractivity (Wildman–Crippen MR) is 107 cm³/mol. The third-order valence-corrected chi connectivity index (χ3v) is 5.88. The van der Waals surface area contributed by atoms with Crippen LogP contribution < -0.4 is 10.2 Å². The van der Waals surface area contributed by atoms with Gasteiger partial charge in [-0.2, -0.15) is 5.26 Å². The molecule has 0 bridgehead atoms. The van der Waals surface area contributed by atoms with Crippen LogP contribution in [0.1, 0.15) is 44.6 Å². The summed E-state index contributed by atoms with van der Waals surface area (Å²) in [4.78, 5) is 18.4. The van der Waals surface area contributed by atoms with Crippen LogP contribution in [0.25, 0.3) is 10.9 Å². The van der Waals surface area contributed by atoms with Gasteiger partial charge in [-0.3, -0.25) is 9.78 Å². The topological polar surface area (TPSA) is 69.0 Å². The third kappa shape index (κ3) is 3.81. The zero-order valence-electron chi connectivity index (χ0n) is 15.8. The lowest BCUT2D eigenvalue weighted by Crippen LogP contribution is -2.52. The van der Waals surface area contributed by atoms with Crippen molar-refractivity contribution in [3.05, 3.63) is 36.0 Å². The zero-order valence-corrected chi connectivity index (χ0v) is 15.8. The lowest BCUT2D eigenvalue weighted by atomic mass is 9.90. The second kappa shape index (κ2) is 7.66. The first-order valence-corrected chi connectivity index (χ1v) is 9.94. The number of carbonyl (C=O) groups excluding carboxylic acids is 1. The molecule has 1 saturated carbocycles. The van der Waals surface area contributed by atoms with Gasteiger partial charge in [0.25, 0.3) is 0 Å². The molecule has 0 amide bonds. The molecule has 5 heteroatoms. The van der Waals surface area contributed by atoms with E-state index in [1.165, 1.54) is 0 Å². The maximum atomic E-state index is 11.5. The van der Waals surface area contributed by atoms with E-state index < -0.39 is 0 Å². The van der Waals surface area contributed by atoms with Gasteiger partial charge in [0.05, 0.1) is 11.1 Å². The van der Waals surface area contributed by atoms with Crippen LogP contribution in [0.3, 0.4) is 0 Å². The molecule has 2 heterocycles. The number of ketones is 1. The van der Waals surface area contributed by atoms with Gasteiger partial charge >= 0.3 is 0 Å². The Hall–Kier alpha value is -2.45. The molecule has 4 rings (SSSR count). The van der Waals surface area contributed by atoms with E-state index in [-0.39, 0.29) is 0 Å². The molecule has 140 valence electrons. The molecule has 2 aromatic rings. The SMILES string of the molecule is C[C@H]1C[C@@H](NC2CCC(=O)CC2)CN(c2ccc(C#N)c3ncccc23)C1. The third-order valence-electron chi connectivity index (χ3n) is 5.88. The second-order valence-electron chi connectivity index (χ2n) is 8.07. The zero-order chi connectivity index (χ0) is 18.8. The fraction of sp³-hybridized carbons (Fsp3) is 0.500. The van der Waals surface area contributed by atoms with Gasteiger partial charge in [-0.25, -0.2) is 0 Å². The Bertz CT molecular complexity index is 878. The van der Waals surface area contributed by atoms with Gasteiger partial charge in [0.1, 0.15) is 11.9 Å². The molecule has 0 spiro atoms. The van der Waals surface area contributed by atoms with Crippen LogP contribution in [0.15, 0.2) is 30.5 Å². The molecule has 0 unspecified atom stereocenters. The summed E-state index contributed by atoms with van der Waals surface area (Å²) in [7, 11) is 0. The van der Waals surface area contributed by atoms with Crippen molar-refractivity contribution in [1.29, 1.82) is 5.26 Å². The van der Waals surface area contributed by atoms with Crippen molar-refractivity contribution in [1.82, 2.24) is 10.3 Å². The fourth-order valence-electron chi connectivity index (χ4n) is 4.63. The summed E-state index contributed by atoms with van der Waals surface area (Å²) in [6, 6.07) is 11.1. The number of hydrogen-bond donors (Lipinski definition) is 1. The molecular formula is C22H26N4O. The lowest BCUT2D eigenvalue weighted by Gasteiger charge is -2.40. The van der Waals surface area contributed by atoms with Crippen LogP contribution in [-0.4, -0.2) is 35.9 Å². The van der Waals surface area contributed by atoms with Gasteiger partial charge in [-0.1, -0.05) is 6.92 Å². The molecule has 2 atom stereocenters. The molecule has 2 fully saturated rings. The second-order valence-corrected chi connectivity index (χ2v) is 8.07. The molecule has 1 aliphatic carbocycles. The summed E-state index contributed by atoms with van der Waals surface area (Å²) in [5, 5.41) is 14.3. The molecular weight excluding hydrogens is 336 g/mol. The Morgan fingerprint density at radius 1 is 1.19 bits per heavy atom. The number of nitrogens with zero attached hydrogens (tertiary/aromatic N) is 3. The average molecular weight is 362 g/mol. The van der Waals surface area contributed by atoms with Crippen LogP contribution in [0.2, 0.25) is 0 Å². The molecule has 5 nitrogen and oxygen atoms in total. The summed E-state index contributed by atoms with van der Waals surface area (Å²) >= 11 is 0. The molecule has 1 aliphatic heterocycles. The van der Waals surface area contributed by atoms with Crippen molar-refractivity contribution in [2.45, 2.75) is 51.1 Å². The number of aromatic nitrogens is 1. The summed E-state index contributed by atoms with van der Waals surface area (Å²) in [5.74, 6) is 0.993. The van der Waals surface area contributed by atoms with E-state index in [9.17, 15) is 10.1 Å². The van der Waals surface area contributed by atoms with E-state index in [1.807, 2.05) is 12.1 Å². The number of pyridine rings is 1. The number of Topliss-reactive ketones (excluding diaryl/α,β-unsaturated/α-hetero) is 1. The fourth-order valence-corrected chi connectivity index (χ4v) is 4.63. The average Bonchev–Trinajstić information content (AvgIpc) is 2.68. The highest BCUT2D eigenvalue weighted by atomic mass is 16.1. The van der Waals surface area contributed by atoms with Crippen molar-refractivity contribution < 1.29 is 4.79 Å². The maximum Gasteiger partial charge on any atom is 0.133 e. The number of hydrogen-bond acceptors (Lipinski definition) is 5. The highest BCUT2D eigenvalue weighted by molar-refractivity contribution is 5.95. The van der Waals surface area contributed by atoms with Gasteiger partial charge in [-0.05, 0) is 49.4 Å². The number of nitriles is 1. The first-order valence-electron chi connectivity index (χ1n) is 9.94. The Kier molecular flexibility index (Phi) is 5.09. The Morgan fingerprint density at radius 2 is 2.00 bits per heavy atom. The standard InChI is InChI=1S/C22H26N4O/c1-15-11-18(25-17-5-7-19(27)8-6-17)14-26(13-15)21-9-4-16(12-23)22-20(21)3-2-10-24-22/h2-4,9-10,15,17-18,25H,5-8,11,13-14H2,1H3/t15-,18+/m0/s1. The van der Waals surface area contributed by atoms with Gasteiger partial charge in [0, 0.05) is 55.3 Å². The van der Waals surface area contributed by atoms with Crippen molar-refractivity contribution in [3.63, 3.8) is 0 Å². The Morgan fingerprint density at radius 3 is 2.78 bits per heavy atom. The quantitative estimate of drug-likeness (QED) is 0.906. The van der Waals surface area contributed by atoms with Crippen molar-refractivity contribution in [2.75, 3.05) is 18.0 Å². The van der Waals surface area contributed by atoms with E-state index in [2.05, 4.69) is 40.3 Å². The van der Waals surface area contributed by atoms with Gasteiger partial charge in [-0.15, -0.1) is 0 Å².